The van der Waals surface area contributed by atoms with Gasteiger partial charge in [-0.05, 0) is 44.2 Å². The Bertz CT molecular complexity index is 773. The minimum Gasteiger partial charge on any atom is -0.506 e. The number of carbonyl (C=O) groups is 3. The number of amides is 1. The quantitative estimate of drug-likeness (QED) is 0.194. The molecule has 10 nitrogen and oxygen atoms in total. The molecule has 1 aliphatic carbocycles. The van der Waals surface area contributed by atoms with Crippen LogP contribution >= 0.6 is 0 Å². The summed E-state index contributed by atoms with van der Waals surface area (Å²) in [5.41, 5.74) is -0.851. The van der Waals surface area contributed by atoms with Crippen molar-refractivity contribution in [1.82, 2.24) is 16.0 Å². The molecular formula is C23H30N4O6Ru+2. The summed E-state index contributed by atoms with van der Waals surface area (Å²) in [5.74, 6) is -3.00. The second-order valence-electron chi connectivity index (χ2n) is 7.25. The van der Waals surface area contributed by atoms with Crippen LogP contribution in [0, 0.1) is 38.0 Å². The normalized spacial score (nSPS) is 16.9. The van der Waals surface area contributed by atoms with E-state index in [1.165, 1.54) is 0 Å². The van der Waals surface area contributed by atoms with Crippen LogP contribution in [0.2, 0.25) is 0 Å². The Labute approximate surface area is 213 Å². The summed E-state index contributed by atoms with van der Waals surface area (Å²) in [6.07, 6.45) is 8.22. The maximum Gasteiger partial charge on any atom is 2.00 e. The number of phenols is 2. The van der Waals surface area contributed by atoms with Crippen LogP contribution in [-0.2, 0) is 29.1 Å². The van der Waals surface area contributed by atoms with E-state index in [0.717, 1.165) is 51.4 Å². The van der Waals surface area contributed by atoms with Gasteiger partial charge in [-0.1, -0.05) is 0 Å². The molecule has 0 bridgehead atoms. The minimum absolute atomic E-state index is 0. The number of carboxylic acids is 1. The number of hydrogen-bond acceptors (Lipinski definition) is 8. The number of benzene rings is 1. The standard InChI is InChI=1S/C17H15NO6.C6H15N3.Ru/c19-12(10-4-2-1-3-5-10)8-9-14(21)18-15-13(20)7-6-11(16(15)22)17(23)24;1-2-8-5-6-9-4-3-7-1;/h1-7,20,22H,8-9H2,(H,18,21)(H,23,24);7-9H,1-6H2;/q;;+2. The van der Waals surface area contributed by atoms with Gasteiger partial charge in [0.25, 0.3) is 0 Å². The van der Waals surface area contributed by atoms with Crippen LogP contribution in [0.1, 0.15) is 23.2 Å². The smallest absolute Gasteiger partial charge is 0.506 e. The topological polar surface area (TPSA) is 160 Å². The first kappa shape index (κ1) is 30.0. The predicted octanol–water partition coefficient (Wildman–Crippen LogP) is 0.460. The van der Waals surface area contributed by atoms with Crippen LogP contribution < -0.4 is 21.3 Å². The molecule has 1 aromatic rings. The zero-order chi connectivity index (χ0) is 24.1. The molecule has 6 radical (unpaired) electrons. The van der Waals surface area contributed by atoms with Gasteiger partial charge in [-0.15, -0.1) is 0 Å². The van der Waals surface area contributed by atoms with E-state index in [9.17, 15) is 24.6 Å². The SMILES string of the molecule is C1CNCCNCCN1.O=C(CCC(=O)[C]1[CH][CH][CH][CH][CH]1)Nc1c(O)ccc(C(=O)O)c1O.[Ru+2]. The zero-order valence-corrected chi connectivity index (χ0v) is 20.4. The van der Waals surface area contributed by atoms with Crippen LogP contribution in [-0.4, -0.2) is 72.2 Å². The average Bonchev–Trinajstić information content (AvgIpc) is 2.97. The average molecular weight is 560 g/mol. The number of phenolic OH excluding ortho intramolecular Hbond substituents is 1. The zero-order valence-electron chi connectivity index (χ0n) is 18.6. The first-order valence-corrected chi connectivity index (χ1v) is 10.7. The van der Waals surface area contributed by atoms with E-state index < -0.39 is 34.6 Å². The summed E-state index contributed by atoms with van der Waals surface area (Å²) in [6, 6.07) is 2.06. The molecule has 0 atom stereocenters. The van der Waals surface area contributed by atoms with Crippen LogP contribution in [0.25, 0.3) is 0 Å². The van der Waals surface area contributed by atoms with Gasteiger partial charge in [-0.3, -0.25) is 9.59 Å². The third-order valence-corrected chi connectivity index (χ3v) is 4.76. The molecule has 1 aromatic carbocycles. The van der Waals surface area contributed by atoms with E-state index in [-0.39, 0.29) is 38.1 Å². The molecule has 34 heavy (non-hydrogen) atoms. The van der Waals surface area contributed by atoms with E-state index in [1.54, 1.807) is 32.1 Å². The van der Waals surface area contributed by atoms with Crippen molar-refractivity contribution in [3.05, 3.63) is 55.7 Å². The number of rotatable bonds is 6. The number of hydrogen-bond donors (Lipinski definition) is 7. The molecule has 11 heteroatoms. The second-order valence-corrected chi connectivity index (χ2v) is 7.25. The Balaban J connectivity index is 0.000000486. The Morgan fingerprint density at radius 2 is 1.35 bits per heavy atom. The number of nitrogens with one attached hydrogen (secondary N) is 4. The van der Waals surface area contributed by atoms with Crippen LogP contribution in [0.5, 0.6) is 11.5 Å². The molecule has 2 aliphatic rings. The largest absolute Gasteiger partial charge is 2.00 e. The van der Waals surface area contributed by atoms with Crippen LogP contribution in [0.15, 0.2) is 12.1 Å². The van der Waals surface area contributed by atoms with Gasteiger partial charge in [-0.2, -0.15) is 0 Å². The van der Waals surface area contributed by atoms with Gasteiger partial charge in [0.2, 0.25) is 5.91 Å². The monoisotopic (exact) mass is 560 g/mol. The summed E-state index contributed by atoms with van der Waals surface area (Å²) in [5, 5.41) is 40.5. The van der Waals surface area contributed by atoms with Gasteiger partial charge in [-0.25, -0.2) is 4.79 Å². The van der Waals surface area contributed by atoms with Gasteiger partial charge in [0.15, 0.2) is 5.75 Å². The van der Waals surface area contributed by atoms with E-state index in [4.69, 9.17) is 5.11 Å². The summed E-state index contributed by atoms with van der Waals surface area (Å²) in [4.78, 5) is 34.8. The summed E-state index contributed by atoms with van der Waals surface area (Å²) >= 11 is 0. The van der Waals surface area contributed by atoms with Gasteiger partial charge in [0.1, 0.15) is 22.8 Å². The Morgan fingerprint density at radius 1 is 0.824 bits per heavy atom. The third-order valence-electron chi connectivity index (χ3n) is 4.76. The Morgan fingerprint density at radius 3 is 1.85 bits per heavy atom. The molecule has 1 aliphatic heterocycles. The fraction of sp³-hybridized carbons (Fsp3) is 0.348. The van der Waals surface area contributed by atoms with Crippen LogP contribution in [0.3, 0.4) is 0 Å². The number of aromatic carboxylic acids is 1. The van der Waals surface area contributed by atoms with Gasteiger partial charge in [0, 0.05) is 58.0 Å². The maximum atomic E-state index is 11.9. The first-order chi connectivity index (χ1) is 15.9. The van der Waals surface area contributed by atoms with Crippen LogP contribution in [0.4, 0.5) is 5.69 Å². The van der Waals surface area contributed by atoms with E-state index >= 15 is 0 Å². The molecule has 1 amide bonds. The van der Waals surface area contributed by atoms with Gasteiger partial charge < -0.3 is 36.6 Å². The Hall–Kier alpha value is -2.07. The van der Waals surface area contributed by atoms with Crippen molar-refractivity contribution >= 4 is 23.3 Å². The van der Waals surface area contributed by atoms with E-state index in [2.05, 4.69) is 21.3 Å². The third kappa shape index (κ3) is 10.5. The molecule has 184 valence electrons. The summed E-state index contributed by atoms with van der Waals surface area (Å²) in [6.45, 7) is 6.59. The number of carboxylic acid groups (broad SMARTS) is 1. The molecule has 1 saturated carbocycles. The fourth-order valence-electron chi connectivity index (χ4n) is 2.98. The molecular weight excluding hydrogens is 529 g/mol. The van der Waals surface area contributed by atoms with Crippen molar-refractivity contribution < 1.29 is 49.2 Å². The molecule has 1 saturated heterocycles. The van der Waals surface area contributed by atoms with Crippen molar-refractivity contribution in [2.75, 3.05) is 44.6 Å². The molecule has 0 aromatic heterocycles. The number of anilines is 1. The van der Waals surface area contributed by atoms with Crippen molar-refractivity contribution in [3.8, 4) is 11.5 Å². The Kier molecular flexibility index (Phi) is 14.6. The van der Waals surface area contributed by atoms with Crippen molar-refractivity contribution in [1.29, 1.82) is 0 Å². The fourth-order valence-corrected chi connectivity index (χ4v) is 2.98. The molecule has 7 N–H and O–H groups in total. The molecule has 0 unspecified atom stereocenters. The first-order valence-electron chi connectivity index (χ1n) is 10.7. The molecule has 2 fully saturated rings. The molecule has 0 spiro atoms. The number of Topliss-reactive ketones (excluding diaryl/α,β-unsaturated/α-hetero) is 1. The van der Waals surface area contributed by atoms with Crippen molar-refractivity contribution in [2.24, 2.45) is 0 Å². The molecule has 1 heterocycles. The van der Waals surface area contributed by atoms with Gasteiger partial charge in [0.05, 0.1) is 0 Å². The number of ketones is 1. The summed E-state index contributed by atoms with van der Waals surface area (Å²) in [7, 11) is 0. The second kappa shape index (κ2) is 16.5. The van der Waals surface area contributed by atoms with Crippen molar-refractivity contribution in [2.45, 2.75) is 12.8 Å². The van der Waals surface area contributed by atoms with Gasteiger partial charge >= 0.3 is 25.4 Å². The number of aromatic hydroxyl groups is 2. The van der Waals surface area contributed by atoms with Crippen molar-refractivity contribution in [3.63, 3.8) is 0 Å². The van der Waals surface area contributed by atoms with E-state index in [1.807, 2.05) is 0 Å². The van der Waals surface area contributed by atoms with E-state index in [0.29, 0.717) is 5.92 Å². The number of carbonyl (C=O) groups excluding carboxylic acids is 2. The summed E-state index contributed by atoms with van der Waals surface area (Å²) < 4.78 is 0. The predicted molar refractivity (Wildman–Crippen MR) is 123 cm³/mol. The molecule has 3 rings (SSSR count). The minimum atomic E-state index is -1.40. The maximum absolute atomic E-state index is 11.9.